The molecule has 8 rings (SSSR count). The zero-order valence-electron chi connectivity index (χ0n) is 23.4. The Morgan fingerprint density at radius 3 is 2.79 bits per heavy atom. The lowest BCUT2D eigenvalue weighted by atomic mass is 9.95. The number of anilines is 2. The maximum atomic E-state index is 14.8. The highest BCUT2D eigenvalue weighted by Crippen LogP contribution is 2.45. The third-order valence-corrected chi connectivity index (χ3v) is 11.1. The normalized spacial score (nSPS) is 26.8. The van der Waals surface area contributed by atoms with E-state index < -0.39 is 12.0 Å². The number of aromatic nitrogens is 2. The molecule has 0 spiro atoms. The quantitative estimate of drug-likeness (QED) is 0.295. The van der Waals surface area contributed by atoms with Gasteiger partial charge >= 0.3 is 6.01 Å². The third kappa shape index (κ3) is 4.41. The van der Waals surface area contributed by atoms with E-state index in [4.69, 9.17) is 32.0 Å². The number of halogens is 3. The van der Waals surface area contributed by atoms with Crippen LogP contribution in [0.15, 0.2) is 24.3 Å². The first kappa shape index (κ1) is 27.3. The second-order valence-corrected chi connectivity index (χ2v) is 13.8. The molecule has 0 radical (unpaired) electrons. The van der Waals surface area contributed by atoms with Crippen molar-refractivity contribution in [2.24, 2.45) is 0 Å². The van der Waals surface area contributed by atoms with Crippen LogP contribution < -0.4 is 20.7 Å². The zero-order chi connectivity index (χ0) is 29.5. The first-order chi connectivity index (χ1) is 20.8. The minimum Gasteiger partial charge on any atom is -0.461 e. The molecule has 2 aromatic carbocycles. The number of nitriles is 1. The summed E-state index contributed by atoms with van der Waals surface area (Å²) in [6.07, 6.45) is 3.75. The minimum atomic E-state index is -0.852. The van der Waals surface area contributed by atoms with Gasteiger partial charge in [-0.05, 0) is 56.0 Å². The first-order valence-electron chi connectivity index (χ1n) is 14.8. The van der Waals surface area contributed by atoms with Gasteiger partial charge in [0.2, 0.25) is 0 Å². The van der Waals surface area contributed by atoms with E-state index in [0.717, 1.165) is 67.9 Å². The Balaban J connectivity index is 1.26. The van der Waals surface area contributed by atoms with Gasteiger partial charge < -0.3 is 20.7 Å². The number of nitrogens with two attached hydrogens (primary N) is 1. The van der Waals surface area contributed by atoms with E-state index in [1.54, 1.807) is 6.07 Å². The topological polar surface area (TPSA) is 103 Å². The van der Waals surface area contributed by atoms with Gasteiger partial charge in [0, 0.05) is 59.5 Å². The van der Waals surface area contributed by atoms with Crippen LogP contribution in [0.2, 0.25) is 5.02 Å². The highest BCUT2D eigenvalue weighted by Gasteiger charge is 2.49. The van der Waals surface area contributed by atoms with Crippen molar-refractivity contribution in [3.8, 4) is 23.2 Å². The van der Waals surface area contributed by atoms with Gasteiger partial charge in [-0.3, -0.25) is 4.90 Å². The van der Waals surface area contributed by atoms with Crippen molar-refractivity contribution in [2.75, 3.05) is 43.4 Å². The number of thiophene rings is 1. The van der Waals surface area contributed by atoms with Crippen molar-refractivity contribution in [3.63, 3.8) is 0 Å². The number of ether oxygens (including phenoxy) is 1. The fourth-order valence-corrected chi connectivity index (χ4v) is 8.98. The van der Waals surface area contributed by atoms with Crippen molar-refractivity contribution in [2.45, 2.75) is 55.9 Å². The van der Waals surface area contributed by atoms with E-state index in [9.17, 15) is 14.0 Å². The Morgan fingerprint density at radius 1 is 1.19 bits per heavy atom. The molecular formula is C31H30ClF2N7OS. The van der Waals surface area contributed by atoms with E-state index >= 15 is 0 Å². The van der Waals surface area contributed by atoms with Crippen molar-refractivity contribution in [1.82, 2.24) is 20.2 Å². The maximum absolute atomic E-state index is 14.8. The lowest BCUT2D eigenvalue weighted by Gasteiger charge is -2.34. The summed E-state index contributed by atoms with van der Waals surface area (Å²) >= 11 is 8.01. The summed E-state index contributed by atoms with van der Waals surface area (Å²) in [4.78, 5) is 14.3. The van der Waals surface area contributed by atoms with Crippen molar-refractivity contribution >= 4 is 54.7 Å². The third-order valence-electron chi connectivity index (χ3n) is 9.71. The van der Waals surface area contributed by atoms with Crippen LogP contribution in [0.5, 0.6) is 6.01 Å². The second kappa shape index (κ2) is 10.1. The van der Waals surface area contributed by atoms with E-state index in [2.05, 4.69) is 21.2 Å². The van der Waals surface area contributed by atoms with Gasteiger partial charge in [-0.1, -0.05) is 17.7 Å². The van der Waals surface area contributed by atoms with Crippen LogP contribution >= 0.6 is 22.9 Å². The molecule has 2 aromatic heterocycles. The number of benzene rings is 2. The summed E-state index contributed by atoms with van der Waals surface area (Å²) in [5.74, 6) is 0.314. The van der Waals surface area contributed by atoms with Gasteiger partial charge in [-0.15, -0.1) is 11.3 Å². The molecule has 4 aromatic rings. The highest BCUT2D eigenvalue weighted by molar-refractivity contribution is 7.23. The number of piperazine rings is 1. The number of nitrogen functional groups attached to an aromatic ring is 1. The first-order valence-corrected chi connectivity index (χ1v) is 16.0. The smallest absolute Gasteiger partial charge is 0.319 e. The predicted molar refractivity (Wildman–Crippen MR) is 165 cm³/mol. The lowest BCUT2D eigenvalue weighted by Crippen LogP contribution is -2.51. The molecule has 4 aliphatic heterocycles. The molecule has 8 nitrogen and oxygen atoms in total. The van der Waals surface area contributed by atoms with E-state index in [0.29, 0.717) is 63.4 Å². The second-order valence-electron chi connectivity index (χ2n) is 12.3. The zero-order valence-corrected chi connectivity index (χ0v) is 24.9. The van der Waals surface area contributed by atoms with Crippen LogP contribution in [0.3, 0.4) is 0 Å². The average Bonchev–Trinajstić information content (AvgIpc) is 3.72. The van der Waals surface area contributed by atoms with Crippen LogP contribution in [0.25, 0.3) is 32.1 Å². The summed E-state index contributed by atoms with van der Waals surface area (Å²) in [7, 11) is 0. The summed E-state index contributed by atoms with van der Waals surface area (Å²) < 4.78 is 35.9. The molecule has 4 aliphatic rings. The fourth-order valence-electron chi connectivity index (χ4n) is 7.77. The lowest BCUT2D eigenvalue weighted by molar-refractivity contribution is 0.107. The summed E-state index contributed by atoms with van der Waals surface area (Å²) in [6, 6.07) is 9.87. The van der Waals surface area contributed by atoms with E-state index in [1.165, 1.54) is 6.07 Å². The Hall–Kier alpha value is -3.30. The van der Waals surface area contributed by atoms with Gasteiger partial charge in [0.1, 0.15) is 35.5 Å². The molecule has 3 N–H and O–H groups in total. The SMILES string of the molecule is N#Cc1c(N)sc2c(F)ccc(-c3cc4nc(OC[C@@]56CCCN5C[C@H](F)C6)nc(N5CC6CCC(C5)N6)c4cc3Cl)c12. The number of fused-ring (bicyclic) bond motifs is 5. The Morgan fingerprint density at radius 2 is 2.00 bits per heavy atom. The summed E-state index contributed by atoms with van der Waals surface area (Å²) in [5, 5.41) is 15.4. The molecule has 2 unspecified atom stereocenters. The Bertz CT molecular complexity index is 1820. The van der Waals surface area contributed by atoms with Crippen LogP contribution in [-0.4, -0.2) is 71.4 Å². The molecule has 0 aliphatic carbocycles. The molecule has 0 amide bonds. The number of hydrogen-bond acceptors (Lipinski definition) is 9. The minimum absolute atomic E-state index is 0.234. The standard InChI is InChI=1S/C31H30ClF2N7OS/c32-23-8-21-25(9-20(23)19-4-5-24(34)27-26(19)22(11-35)28(36)43-27)38-30(39-29(21)40-13-17-2-3-18(14-40)37-17)42-15-31-6-1-7-41(31)12-16(33)10-31/h4-5,8-9,16-18,37H,1-3,6-7,10,12-15,36H2/t16-,17?,18?,31+/m1/s1. The maximum Gasteiger partial charge on any atom is 0.319 e. The van der Waals surface area contributed by atoms with Gasteiger partial charge in [0.25, 0.3) is 0 Å². The molecule has 222 valence electrons. The molecule has 6 heterocycles. The highest BCUT2D eigenvalue weighted by atomic mass is 35.5. The molecule has 4 fully saturated rings. The van der Waals surface area contributed by atoms with Crippen LogP contribution in [0, 0.1) is 17.1 Å². The molecule has 4 atom stereocenters. The number of nitrogens with one attached hydrogen (secondary N) is 1. The van der Waals surface area contributed by atoms with E-state index in [-0.39, 0.29) is 22.1 Å². The molecule has 0 saturated carbocycles. The van der Waals surface area contributed by atoms with Gasteiger partial charge in [0.15, 0.2) is 0 Å². The van der Waals surface area contributed by atoms with Crippen LogP contribution in [0.1, 0.15) is 37.7 Å². The fraction of sp³-hybridized carbons (Fsp3) is 0.452. The van der Waals surface area contributed by atoms with Gasteiger partial charge in [0.05, 0.1) is 21.3 Å². The number of nitrogens with zero attached hydrogens (tertiary/aromatic N) is 5. The average molecular weight is 622 g/mol. The van der Waals surface area contributed by atoms with Gasteiger partial charge in [-0.2, -0.15) is 15.2 Å². The summed E-state index contributed by atoms with van der Waals surface area (Å²) in [5.41, 5.74) is 7.86. The molecule has 4 saturated heterocycles. The molecule has 43 heavy (non-hydrogen) atoms. The molecule has 12 heteroatoms. The predicted octanol–water partition coefficient (Wildman–Crippen LogP) is 5.65. The Labute approximate surface area is 256 Å². The molecule has 2 bridgehead atoms. The summed E-state index contributed by atoms with van der Waals surface area (Å²) in [6.45, 7) is 3.26. The number of rotatable bonds is 5. The largest absolute Gasteiger partial charge is 0.461 e. The number of hydrogen-bond donors (Lipinski definition) is 2. The van der Waals surface area contributed by atoms with Crippen molar-refractivity contribution < 1.29 is 13.5 Å². The van der Waals surface area contributed by atoms with Crippen LogP contribution in [-0.2, 0) is 0 Å². The van der Waals surface area contributed by atoms with E-state index in [1.807, 2.05) is 12.1 Å². The molecular weight excluding hydrogens is 592 g/mol. The van der Waals surface area contributed by atoms with Crippen molar-refractivity contribution in [1.29, 1.82) is 5.26 Å². The van der Waals surface area contributed by atoms with Crippen LogP contribution in [0.4, 0.5) is 19.6 Å². The van der Waals surface area contributed by atoms with Gasteiger partial charge in [-0.25, -0.2) is 8.78 Å². The van der Waals surface area contributed by atoms with Crippen molar-refractivity contribution in [3.05, 3.63) is 40.7 Å². The number of alkyl halides is 1. The monoisotopic (exact) mass is 621 g/mol. The Kier molecular flexibility index (Phi) is 6.42.